The van der Waals surface area contributed by atoms with Gasteiger partial charge in [0.25, 0.3) is 5.56 Å². The molecule has 0 bridgehead atoms. The van der Waals surface area contributed by atoms with Crippen LogP contribution < -0.4 is 15.2 Å². The second kappa shape index (κ2) is 7.39. The molecule has 3 aromatic rings. The summed E-state index contributed by atoms with van der Waals surface area (Å²) < 4.78 is 19.8. The number of aliphatic carboxylic acids is 1. The molecule has 0 saturated heterocycles. The molecule has 0 radical (unpaired) electrons. The van der Waals surface area contributed by atoms with Gasteiger partial charge < -0.3 is 19.5 Å². The molecule has 2 N–H and O–H groups in total. The molecule has 1 amide bonds. The Kier molecular flexibility index (Phi) is 4.99. The van der Waals surface area contributed by atoms with Gasteiger partial charge >= 0.3 is 5.97 Å². The summed E-state index contributed by atoms with van der Waals surface area (Å²) in [4.78, 5) is 35.4. The summed E-state index contributed by atoms with van der Waals surface area (Å²) in [6.07, 6.45) is 0.169. The normalized spacial score (nSPS) is 10.6. The number of anilines is 1. The van der Waals surface area contributed by atoms with Gasteiger partial charge in [-0.1, -0.05) is 0 Å². The van der Waals surface area contributed by atoms with Crippen LogP contribution in [0.5, 0.6) is 17.2 Å². The second-order valence-electron chi connectivity index (χ2n) is 5.92. The van der Waals surface area contributed by atoms with Crippen molar-refractivity contribution in [3.05, 3.63) is 58.6 Å². The van der Waals surface area contributed by atoms with E-state index in [-0.39, 0.29) is 11.8 Å². The molecule has 0 aliphatic carbocycles. The van der Waals surface area contributed by atoms with Crippen molar-refractivity contribution in [2.24, 2.45) is 7.05 Å². The van der Waals surface area contributed by atoms with Gasteiger partial charge in [-0.15, -0.1) is 0 Å². The predicted octanol–water partition coefficient (Wildman–Crippen LogP) is 2.22. The third-order valence-electron chi connectivity index (χ3n) is 4.09. The Morgan fingerprint density at radius 2 is 1.86 bits per heavy atom. The lowest BCUT2D eigenvalue weighted by atomic mass is 10.1. The van der Waals surface area contributed by atoms with Gasteiger partial charge in [0.05, 0.1) is 5.52 Å². The number of carbonyl (C=O) groups is 2. The zero-order valence-electron chi connectivity index (χ0n) is 14.6. The van der Waals surface area contributed by atoms with Gasteiger partial charge in [-0.3, -0.25) is 19.3 Å². The fourth-order valence-electron chi connectivity index (χ4n) is 2.76. The molecule has 2 aromatic carbocycles. The zero-order valence-corrected chi connectivity index (χ0v) is 14.6. The number of aryl methyl sites for hydroxylation is 1. The highest BCUT2D eigenvalue weighted by molar-refractivity contribution is 5.96. The van der Waals surface area contributed by atoms with Crippen molar-refractivity contribution in [2.45, 2.75) is 0 Å². The monoisotopic (exact) mass is 386 g/mol. The lowest BCUT2D eigenvalue weighted by Gasteiger charge is -2.19. The molecule has 1 heterocycles. The van der Waals surface area contributed by atoms with Gasteiger partial charge in [0, 0.05) is 18.5 Å². The number of halogens is 1. The average molecular weight is 386 g/mol. The standard InChI is InChI=1S/C19H15FN2O6/c1-21-15-8-13(28-12-4-2-11(20)3-5-12)6-7-14(15)18(26)17(19(21)27)22(10-23)9-16(24)25/h2-8,10,26H,9H2,1H3,(H,24,25). The van der Waals surface area contributed by atoms with Crippen LogP contribution in [0.4, 0.5) is 10.1 Å². The first kappa shape index (κ1) is 18.9. The Morgan fingerprint density at radius 3 is 2.46 bits per heavy atom. The number of rotatable bonds is 6. The van der Waals surface area contributed by atoms with Gasteiger partial charge in [0.2, 0.25) is 6.41 Å². The molecule has 28 heavy (non-hydrogen) atoms. The lowest BCUT2D eigenvalue weighted by molar-refractivity contribution is -0.136. The van der Waals surface area contributed by atoms with E-state index in [0.29, 0.717) is 21.9 Å². The third kappa shape index (κ3) is 3.50. The maximum atomic E-state index is 13.0. The molecule has 1 aromatic heterocycles. The van der Waals surface area contributed by atoms with Crippen LogP contribution in [-0.2, 0) is 16.6 Å². The Balaban J connectivity index is 2.10. The molecule has 0 fully saturated rings. The Hall–Kier alpha value is -3.88. The van der Waals surface area contributed by atoms with Crippen molar-refractivity contribution in [3.8, 4) is 17.2 Å². The minimum atomic E-state index is -1.34. The van der Waals surface area contributed by atoms with Crippen molar-refractivity contribution in [1.29, 1.82) is 0 Å². The van der Waals surface area contributed by atoms with Gasteiger partial charge in [0.1, 0.15) is 23.9 Å². The van der Waals surface area contributed by atoms with E-state index in [1.54, 1.807) is 0 Å². The highest BCUT2D eigenvalue weighted by atomic mass is 19.1. The van der Waals surface area contributed by atoms with Gasteiger partial charge in [-0.25, -0.2) is 4.39 Å². The summed E-state index contributed by atoms with van der Waals surface area (Å²) in [6.45, 7) is -0.774. The molecule has 0 atom stereocenters. The van der Waals surface area contributed by atoms with Crippen molar-refractivity contribution < 1.29 is 28.9 Å². The van der Waals surface area contributed by atoms with E-state index in [4.69, 9.17) is 9.84 Å². The van der Waals surface area contributed by atoms with E-state index >= 15 is 0 Å². The minimum absolute atomic E-state index is 0.169. The first-order valence-corrected chi connectivity index (χ1v) is 8.04. The van der Waals surface area contributed by atoms with Crippen LogP contribution in [0.1, 0.15) is 0 Å². The van der Waals surface area contributed by atoms with Crippen molar-refractivity contribution in [3.63, 3.8) is 0 Å². The van der Waals surface area contributed by atoms with Crippen LogP contribution in [0.3, 0.4) is 0 Å². The number of hydrogen-bond donors (Lipinski definition) is 2. The number of aromatic hydroxyl groups is 1. The summed E-state index contributed by atoms with van der Waals surface area (Å²) >= 11 is 0. The summed E-state index contributed by atoms with van der Waals surface area (Å²) in [6, 6.07) is 9.83. The summed E-state index contributed by atoms with van der Waals surface area (Å²) in [7, 11) is 1.42. The molecule has 0 aliphatic heterocycles. The summed E-state index contributed by atoms with van der Waals surface area (Å²) in [5.74, 6) is -1.55. The van der Waals surface area contributed by atoms with Crippen molar-refractivity contribution >= 4 is 29.0 Å². The molecular formula is C19H15FN2O6. The van der Waals surface area contributed by atoms with E-state index in [9.17, 15) is 23.9 Å². The van der Waals surface area contributed by atoms with Crippen LogP contribution in [0.15, 0.2) is 47.3 Å². The number of hydrogen-bond acceptors (Lipinski definition) is 5. The number of ether oxygens (including phenoxy) is 1. The van der Waals surface area contributed by atoms with Crippen molar-refractivity contribution in [2.75, 3.05) is 11.4 Å². The first-order chi connectivity index (χ1) is 13.3. The van der Waals surface area contributed by atoms with E-state index < -0.39 is 35.3 Å². The van der Waals surface area contributed by atoms with Crippen LogP contribution in [0.25, 0.3) is 10.9 Å². The topological polar surface area (TPSA) is 109 Å². The molecule has 8 nitrogen and oxygen atoms in total. The molecular weight excluding hydrogens is 371 g/mol. The Labute approximate surface area is 157 Å². The van der Waals surface area contributed by atoms with Crippen molar-refractivity contribution in [1.82, 2.24) is 4.57 Å². The number of carboxylic acid groups (broad SMARTS) is 1. The van der Waals surface area contributed by atoms with Gasteiger partial charge in [0.15, 0.2) is 11.4 Å². The highest BCUT2D eigenvalue weighted by Crippen LogP contribution is 2.34. The second-order valence-corrected chi connectivity index (χ2v) is 5.92. The number of fused-ring (bicyclic) bond motifs is 1. The maximum Gasteiger partial charge on any atom is 0.323 e. The van der Waals surface area contributed by atoms with Crippen LogP contribution >= 0.6 is 0 Å². The van der Waals surface area contributed by atoms with Crippen LogP contribution in [-0.4, -0.2) is 33.7 Å². The molecule has 0 saturated carbocycles. The number of aromatic nitrogens is 1. The number of pyridine rings is 1. The van der Waals surface area contributed by atoms with Crippen LogP contribution in [0.2, 0.25) is 0 Å². The molecule has 144 valence electrons. The minimum Gasteiger partial charge on any atom is -0.505 e. The SMILES string of the molecule is Cn1c(=O)c(N(C=O)CC(=O)O)c(O)c2ccc(Oc3ccc(F)cc3)cc21. The fraction of sp³-hybridized carbons (Fsp3) is 0.105. The molecule has 0 spiro atoms. The average Bonchev–Trinajstić information content (AvgIpc) is 2.67. The number of carboxylic acids is 1. The Bertz CT molecular complexity index is 1120. The van der Waals surface area contributed by atoms with Gasteiger partial charge in [-0.05, 0) is 36.4 Å². The highest BCUT2D eigenvalue weighted by Gasteiger charge is 2.22. The molecule has 3 rings (SSSR count). The number of nitrogens with zero attached hydrogens (tertiary/aromatic N) is 2. The summed E-state index contributed by atoms with van der Waals surface area (Å²) in [5.41, 5.74) is -0.885. The zero-order chi connectivity index (χ0) is 20.4. The third-order valence-corrected chi connectivity index (χ3v) is 4.09. The van der Waals surface area contributed by atoms with Crippen LogP contribution in [0, 0.1) is 5.82 Å². The van der Waals surface area contributed by atoms with E-state index in [1.807, 2.05) is 0 Å². The maximum absolute atomic E-state index is 13.0. The lowest BCUT2D eigenvalue weighted by Crippen LogP contribution is -2.34. The Morgan fingerprint density at radius 1 is 1.21 bits per heavy atom. The fourth-order valence-corrected chi connectivity index (χ4v) is 2.76. The van der Waals surface area contributed by atoms with E-state index in [1.165, 1.54) is 54.1 Å². The first-order valence-electron chi connectivity index (χ1n) is 8.04. The largest absolute Gasteiger partial charge is 0.505 e. The van der Waals surface area contributed by atoms with Gasteiger partial charge in [-0.2, -0.15) is 0 Å². The predicted molar refractivity (Wildman–Crippen MR) is 98.4 cm³/mol. The molecule has 9 heteroatoms. The summed E-state index contributed by atoms with van der Waals surface area (Å²) in [5, 5.41) is 19.6. The quantitative estimate of drug-likeness (QED) is 0.629. The number of benzene rings is 2. The van der Waals surface area contributed by atoms with E-state index in [2.05, 4.69) is 0 Å². The van der Waals surface area contributed by atoms with E-state index in [0.717, 1.165) is 0 Å². The smallest absolute Gasteiger partial charge is 0.323 e. The molecule has 0 aliphatic rings. The number of amides is 1. The molecule has 0 unspecified atom stereocenters. The number of carbonyl (C=O) groups excluding carboxylic acids is 1.